The number of nitrogens with zero attached hydrogens (tertiary/aromatic N) is 2. The summed E-state index contributed by atoms with van der Waals surface area (Å²) >= 11 is 0. The van der Waals surface area contributed by atoms with E-state index in [0.717, 1.165) is 11.8 Å². The van der Waals surface area contributed by atoms with E-state index in [1.807, 2.05) is 0 Å². The molecule has 0 radical (unpaired) electrons. The third-order valence-corrected chi connectivity index (χ3v) is 4.49. The summed E-state index contributed by atoms with van der Waals surface area (Å²) in [7, 11) is 0. The number of hydrogen-bond acceptors (Lipinski definition) is 3. The van der Waals surface area contributed by atoms with Gasteiger partial charge in [-0.05, 0) is 45.7 Å². The second kappa shape index (κ2) is 5.25. The fourth-order valence-electron chi connectivity index (χ4n) is 3.04. The van der Waals surface area contributed by atoms with Crippen LogP contribution >= 0.6 is 0 Å². The Morgan fingerprint density at radius 3 is 2.18 bits per heavy atom. The Balaban J connectivity index is 1.76. The fourth-order valence-corrected chi connectivity index (χ4v) is 3.04. The first-order valence-corrected chi connectivity index (χ1v) is 7.15. The van der Waals surface area contributed by atoms with Gasteiger partial charge in [0.15, 0.2) is 0 Å². The van der Waals surface area contributed by atoms with E-state index >= 15 is 0 Å². The van der Waals surface area contributed by atoms with Gasteiger partial charge in [0, 0.05) is 38.3 Å². The molecule has 100 valence electrons. The molecular formula is C14H29N3. The molecule has 2 aliphatic heterocycles. The maximum absolute atomic E-state index is 3.51. The van der Waals surface area contributed by atoms with Gasteiger partial charge in [-0.2, -0.15) is 0 Å². The third kappa shape index (κ3) is 3.43. The van der Waals surface area contributed by atoms with E-state index in [-0.39, 0.29) is 0 Å². The van der Waals surface area contributed by atoms with Crippen LogP contribution in [0.1, 0.15) is 27.7 Å². The lowest BCUT2D eigenvalue weighted by atomic mass is 9.97. The molecule has 2 fully saturated rings. The maximum atomic E-state index is 3.51. The topological polar surface area (TPSA) is 18.5 Å². The zero-order valence-corrected chi connectivity index (χ0v) is 12.0. The van der Waals surface area contributed by atoms with E-state index in [0.29, 0.717) is 5.54 Å². The minimum atomic E-state index is 0.342. The van der Waals surface area contributed by atoms with Gasteiger partial charge in [-0.15, -0.1) is 0 Å². The molecular weight excluding hydrogens is 210 g/mol. The van der Waals surface area contributed by atoms with Gasteiger partial charge in [-0.1, -0.05) is 6.92 Å². The summed E-state index contributed by atoms with van der Waals surface area (Å²) in [5.41, 5.74) is 0.342. The Kier molecular flexibility index (Phi) is 4.11. The van der Waals surface area contributed by atoms with E-state index in [4.69, 9.17) is 0 Å². The average molecular weight is 239 g/mol. The molecule has 0 aromatic rings. The predicted molar refractivity (Wildman–Crippen MR) is 73.3 cm³/mol. The molecule has 0 aliphatic carbocycles. The second-order valence-corrected chi connectivity index (χ2v) is 6.85. The van der Waals surface area contributed by atoms with Gasteiger partial charge in [0.1, 0.15) is 0 Å². The summed E-state index contributed by atoms with van der Waals surface area (Å²) in [5, 5.41) is 3.51. The lowest BCUT2D eigenvalue weighted by Crippen LogP contribution is -2.54. The molecule has 0 aromatic carbocycles. The van der Waals surface area contributed by atoms with Crippen LogP contribution in [0.2, 0.25) is 0 Å². The molecule has 2 heterocycles. The Morgan fingerprint density at radius 1 is 1.06 bits per heavy atom. The highest BCUT2D eigenvalue weighted by molar-refractivity contribution is 4.85. The molecule has 1 N–H and O–H groups in total. The van der Waals surface area contributed by atoms with E-state index in [1.54, 1.807) is 0 Å². The summed E-state index contributed by atoms with van der Waals surface area (Å²) in [6, 6.07) is 0. The van der Waals surface area contributed by atoms with Gasteiger partial charge in [-0.3, -0.25) is 4.90 Å². The van der Waals surface area contributed by atoms with Crippen molar-refractivity contribution in [2.45, 2.75) is 33.2 Å². The maximum Gasteiger partial charge on any atom is 0.0126 e. The first-order valence-electron chi connectivity index (χ1n) is 7.15. The van der Waals surface area contributed by atoms with Crippen molar-refractivity contribution in [2.75, 3.05) is 45.8 Å². The molecule has 17 heavy (non-hydrogen) atoms. The standard InChI is InChI=1S/C14H29N3/c1-12-9-15-10-13(12)11-16-5-7-17(8-6-16)14(2,3)4/h12-13,15H,5-11H2,1-4H3/t12-,13+/m1/s1. The molecule has 2 rings (SSSR count). The number of rotatable bonds is 2. The smallest absolute Gasteiger partial charge is 0.0126 e. The molecule has 0 spiro atoms. The van der Waals surface area contributed by atoms with Crippen LogP contribution < -0.4 is 5.32 Å². The lowest BCUT2D eigenvalue weighted by molar-refractivity contribution is 0.0540. The summed E-state index contributed by atoms with van der Waals surface area (Å²) in [6.45, 7) is 18.1. The number of piperazine rings is 1. The van der Waals surface area contributed by atoms with Crippen molar-refractivity contribution in [1.82, 2.24) is 15.1 Å². The first-order chi connectivity index (χ1) is 7.97. The van der Waals surface area contributed by atoms with Crippen molar-refractivity contribution in [2.24, 2.45) is 11.8 Å². The van der Waals surface area contributed by atoms with Crippen molar-refractivity contribution in [1.29, 1.82) is 0 Å². The van der Waals surface area contributed by atoms with Crippen molar-refractivity contribution >= 4 is 0 Å². The highest BCUT2D eigenvalue weighted by atomic mass is 15.3. The van der Waals surface area contributed by atoms with Crippen molar-refractivity contribution in [3.8, 4) is 0 Å². The minimum absolute atomic E-state index is 0.342. The van der Waals surface area contributed by atoms with E-state index in [2.05, 4.69) is 42.8 Å². The van der Waals surface area contributed by atoms with Gasteiger partial charge in [-0.25, -0.2) is 0 Å². The monoisotopic (exact) mass is 239 g/mol. The Labute approximate surface area is 107 Å². The van der Waals surface area contributed by atoms with Crippen LogP contribution in [0.3, 0.4) is 0 Å². The summed E-state index contributed by atoms with van der Waals surface area (Å²) < 4.78 is 0. The summed E-state index contributed by atoms with van der Waals surface area (Å²) in [5.74, 6) is 1.73. The van der Waals surface area contributed by atoms with Crippen molar-refractivity contribution in [3.05, 3.63) is 0 Å². The molecule has 0 bridgehead atoms. The van der Waals surface area contributed by atoms with Gasteiger partial charge >= 0.3 is 0 Å². The highest BCUT2D eigenvalue weighted by Gasteiger charge is 2.29. The predicted octanol–water partition coefficient (Wildman–Crippen LogP) is 1.26. The second-order valence-electron chi connectivity index (χ2n) is 6.85. The molecule has 3 heteroatoms. The quantitative estimate of drug-likeness (QED) is 0.782. The van der Waals surface area contributed by atoms with Gasteiger partial charge in [0.25, 0.3) is 0 Å². The van der Waals surface area contributed by atoms with Crippen LogP contribution in [-0.2, 0) is 0 Å². The molecule has 2 atom stereocenters. The van der Waals surface area contributed by atoms with E-state index in [9.17, 15) is 0 Å². The normalized spacial score (nSPS) is 33.2. The zero-order valence-electron chi connectivity index (χ0n) is 12.0. The van der Waals surface area contributed by atoms with Crippen molar-refractivity contribution in [3.63, 3.8) is 0 Å². The SMILES string of the molecule is C[C@@H]1CNC[C@H]1CN1CCN(C(C)(C)C)CC1. The largest absolute Gasteiger partial charge is 0.316 e. The molecule has 0 amide bonds. The van der Waals surface area contributed by atoms with Gasteiger partial charge in [0.05, 0.1) is 0 Å². The number of hydrogen-bond donors (Lipinski definition) is 1. The molecule has 2 aliphatic rings. The van der Waals surface area contributed by atoms with Crippen LogP contribution in [0, 0.1) is 11.8 Å². The molecule has 3 nitrogen and oxygen atoms in total. The van der Waals surface area contributed by atoms with Gasteiger partial charge < -0.3 is 10.2 Å². The Hall–Kier alpha value is -0.120. The van der Waals surface area contributed by atoms with Crippen LogP contribution in [0.4, 0.5) is 0 Å². The van der Waals surface area contributed by atoms with Crippen LogP contribution in [0.15, 0.2) is 0 Å². The third-order valence-electron chi connectivity index (χ3n) is 4.49. The van der Waals surface area contributed by atoms with Crippen LogP contribution in [0.5, 0.6) is 0 Å². The zero-order chi connectivity index (χ0) is 12.5. The molecule has 0 aromatic heterocycles. The van der Waals surface area contributed by atoms with Crippen LogP contribution in [0.25, 0.3) is 0 Å². The number of nitrogens with one attached hydrogen (secondary N) is 1. The average Bonchev–Trinajstić information content (AvgIpc) is 2.64. The molecule has 0 unspecified atom stereocenters. The molecule has 0 saturated carbocycles. The highest BCUT2D eigenvalue weighted by Crippen LogP contribution is 2.20. The summed E-state index contributed by atoms with van der Waals surface area (Å²) in [6.07, 6.45) is 0. The lowest BCUT2D eigenvalue weighted by Gasteiger charge is -2.43. The first kappa shape index (κ1) is 13.3. The Bertz CT molecular complexity index is 238. The van der Waals surface area contributed by atoms with Crippen molar-refractivity contribution < 1.29 is 0 Å². The fraction of sp³-hybridized carbons (Fsp3) is 1.00. The minimum Gasteiger partial charge on any atom is -0.316 e. The Morgan fingerprint density at radius 2 is 1.71 bits per heavy atom. The van der Waals surface area contributed by atoms with E-state index < -0.39 is 0 Å². The summed E-state index contributed by atoms with van der Waals surface area (Å²) in [4.78, 5) is 5.27. The van der Waals surface area contributed by atoms with Gasteiger partial charge in [0.2, 0.25) is 0 Å². The molecule has 2 saturated heterocycles. The van der Waals surface area contributed by atoms with Crippen LogP contribution in [-0.4, -0.2) is 61.2 Å². The van der Waals surface area contributed by atoms with E-state index in [1.165, 1.54) is 45.8 Å².